The first kappa shape index (κ1) is 18.3. The Morgan fingerprint density at radius 2 is 1.96 bits per heavy atom. The molecular formula is C20H23ClN2OS. The Labute approximate surface area is 158 Å². The number of amides is 1. The zero-order valence-electron chi connectivity index (χ0n) is 14.4. The van der Waals surface area contributed by atoms with E-state index in [9.17, 15) is 4.79 Å². The van der Waals surface area contributed by atoms with Crippen molar-refractivity contribution < 1.29 is 4.79 Å². The molecule has 1 fully saturated rings. The van der Waals surface area contributed by atoms with Crippen LogP contribution in [0.1, 0.15) is 18.4 Å². The Balaban J connectivity index is 1.52. The molecule has 1 heterocycles. The van der Waals surface area contributed by atoms with Crippen LogP contribution in [0.5, 0.6) is 0 Å². The molecule has 25 heavy (non-hydrogen) atoms. The molecule has 0 unspecified atom stereocenters. The lowest BCUT2D eigenvalue weighted by atomic mass is 9.95. The van der Waals surface area contributed by atoms with E-state index in [1.807, 2.05) is 48.7 Å². The van der Waals surface area contributed by atoms with E-state index in [2.05, 4.69) is 16.3 Å². The van der Waals surface area contributed by atoms with Gasteiger partial charge in [-0.1, -0.05) is 35.9 Å². The van der Waals surface area contributed by atoms with Gasteiger partial charge in [0.2, 0.25) is 5.91 Å². The molecule has 1 aliphatic heterocycles. The van der Waals surface area contributed by atoms with E-state index in [1.165, 1.54) is 5.56 Å². The molecule has 0 spiro atoms. The number of benzene rings is 2. The zero-order valence-corrected chi connectivity index (χ0v) is 15.9. The number of halogens is 1. The fourth-order valence-electron chi connectivity index (χ4n) is 3.23. The largest absolute Gasteiger partial charge is 0.325 e. The van der Waals surface area contributed by atoms with Gasteiger partial charge in [0.1, 0.15) is 0 Å². The Kier molecular flexibility index (Phi) is 6.40. The van der Waals surface area contributed by atoms with Crippen LogP contribution in [-0.2, 0) is 11.3 Å². The van der Waals surface area contributed by atoms with Crippen molar-refractivity contribution in [1.29, 1.82) is 0 Å². The number of carbonyl (C=O) groups excluding carboxylic acids is 1. The van der Waals surface area contributed by atoms with E-state index < -0.39 is 0 Å². The van der Waals surface area contributed by atoms with Crippen molar-refractivity contribution in [3.05, 3.63) is 59.1 Å². The summed E-state index contributed by atoms with van der Waals surface area (Å²) in [7, 11) is 0. The predicted octanol–water partition coefficient (Wildman–Crippen LogP) is 4.91. The fourth-order valence-corrected chi connectivity index (χ4v) is 4.00. The number of hydrogen-bond acceptors (Lipinski definition) is 3. The average molecular weight is 375 g/mol. The van der Waals surface area contributed by atoms with Gasteiger partial charge in [0.25, 0.3) is 0 Å². The van der Waals surface area contributed by atoms with Crippen molar-refractivity contribution >= 4 is 35.0 Å². The third-order valence-electron chi connectivity index (χ3n) is 4.62. The molecule has 0 bridgehead atoms. The predicted molar refractivity (Wildman–Crippen MR) is 106 cm³/mol. The molecule has 0 saturated carbocycles. The minimum absolute atomic E-state index is 0.0884. The van der Waals surface area contributed by atoms with Crippen LogP contribution in [0.4, 0.5) is 5.69 Å². The molecule has 0 aliphatic carbocycles. The molecule has 1 N–H and O–H groups in total. The molecule has 1 saturated heterocycles. The van der Waals surface area contributed by atoms with E-state index in [1.54, 1.807) is 11.8 Å². The van der Waals surface area contributed by atoms with E-state index in [0.29, 0.717) is 0 Å². The maximum atomic E-state index is 12.6. The minimum atomic E-state index is 0.0884. The molecule has 1 amide bonds. The van der Waals surface area contributed by atoms with Gasteiger partial charge in [-0.3, -0.25) is 9.69 Å². The van der Waals surface area contributed by atoms with Crippen molar-refractivity contribution in [2.24, 2.45) is 5.92 Å². The van der Waals surface area contributed by atoms with Gasteiger partial charge in [-0.05, 0) is 62.0 Å². The maximum Gasteiger partial charge on any atom is 0.227 e. The van der Waals surface area contributed by atoms with Crippen LogP contribution in [-0.4, -0.2) is 30.2 Å². The Hall–Kier alpha value is -1.49. The first-order valence-electron chi connectivity index (χ1n) is 8.56. The highest BCUT2D eigenvalue weighted by atomic mass is 35.5. The highest BCUT2D eigenvalue weighted by Crippen LogP contribution is 2.27. The molecule has 0 aromatic heterocycles. The highest BCUT2D eigenvalue weighted by Gasteiger charge is 2.25. The van der Waals surface area contributed by atoms with Gasteiger partial charge in [0.15, 0.2) is 0 Å². The summed E-state index contributed by atoms with van der Waals surface area (Å²) in [5, 5.41) is 3.88. The number of piperidine rings is 1. The van der Waals surface area contributed by atoms with Crippen LogP contribution in [0, 0.1) is 5.92 Å². The normalized spacial score (nSPS) is 15.9. The minimum Gasteiger partial charge on any atom is -0.325 e. The van der Waals surface area contributed by atoms with Crippen LogP contribution in [0.3, 0.4) is 0 Å². The second kappa shape index (κ2) is 8.75. The Bertz CT molecular complexity index is 729. The van der Waals surface area contributed by atoms with Gasteiger partial charge < -0.3 is 5.32 Å². The summed E-state index contributed by atoms with van der Waals surface area (Å²) in [5.74, 6) is 0.231. The maximum absolute atomic E-state index is 12.6. The lowest BCUT2D eigenvalue weighted by Crippen LogP contribution is -2.37. The van der Waals surface area contributed by atoms with Crippen LogP contribution in [0.15, 0.2) is 53.4 Å². The molecule has 3 rings (SSSR count). The lowest BCUT2D eigenvalue weighted by Gasteiger charge is -2.31. The van der Waals surface area contributed by atoms with Crippen molar-refractivity contribution in [2.75, 3.05) is 24.7 Å². The van der Waals surface area contributed by atoms with Crippen molar-refractivity contribution in [3.8, 4) is 0 Å². The fraction of sp³-hybridized carbons (Fsp3) is 0.350. The summed E-state index contributed by atoms with van der Waals surface area (Å²) in [4.78, 5) is 16.1. The summed E-state index contributed by atoms with van der Waals surface area (Å²) >= 11 is 7.71. The number of thioether (sulfide) groups is 1. The van der Waals surface area contributed by atoms with E-state index in [-0.39, 0.29) is 11.8 Å². The molecule has 2 aromatic rings. The SMILES string of the molecule is CSc1ccccc1NC(=O)C1CCN(Cc2cccc(Cl)c2)CC1. The third-order valence-corrected chi connectivity index (χ3v) is 5.65. The molecular weight excluding hydrogens is 352 g/mol. The van der Waals surface area contributed by atoms with Gasteiger partial charge in [-0.2, -0.15) is 0 Å². The van der Waals surface area contributed by atoms with Crippen molar-refractivity contribution in [2.45, 2.75) is 24.3 Å². The Morgan fingerprint density at radius 3 is 2.68 bits per heavy atom. The summed E-state index contributed by atoms with van der Waals surface area (Å²) < 4.78 is 0. The molecule has 0 atom stereocenters. The monoisotopic (exact) mass is 374 g/mol. The topological polar surface area (TPSA) is 32.3 Å². The highest BCUT2D eigenvalue weighted by molar-refractivity contribution is 7.98. The number of nitrogens with zero attached hydrogens (tertiary/aromatic N) is 1. The van der Waals surface area contributed by atoms with Gasteiger partial charge >= 0.3 is 0 Å². The van der Waals surface area contributed by atoms with Crippen LogP contribution in [0.2, 0.25) is 5.02 Å². The number of para-hydroxylation sites is 1. The second-order valence-electron chi connectivity index (χ2n) is 6.37. The van der Waals surface area contributed by atoms with Gasteiger partial charge in [0, 0.05) is 22.4 Å². The Morgan fingerprint density at radius 1 is 1.20 bits per heavy atom. The first-order chi connectivity index (χ1) is 12.2. The van der Waals surface area contributed by atoms with Gasteiger partial charge in [-0.25, -0.2) is 0 Å². The van der Waals surface area contributed by atoms with Crippen LogP contribution < -0.4 is 5.32 Å². The van der Waals surface area contributed by atoms with Crippen molar-refractivity contribution in [3.63, 3.8) is 0 Å². The summed E-state index contributed by atoms with van der Waals surface area (Å²) in [6.07, 6.45) is 3.82. The lowest BCUT2D eigenvalue weighted by molar-refractivity contribution is -0.121. The van der Waals surface area contributed by atoms with E-state index >= 15 is 0 Å². The quantitative estimate of drug-likeness (QED) is 0.754. The number of anilines is 1. The number of carbonyl (C=O) groups is 1. The molecule has 132 valence electrons. The number of likely N-dealkylation sites (tertiary alicyclic amines) is 1. The smallest absolute Gasteiger partial charge is 0.227 e. The first-order valence-corrected chi connectivity index (χ1v) is 10.2. The number of hydrogen-bond donors (Lipinski definition) is 1. The van der Waals surface area contributed by atoms with Crippen LogP contribution in [0.25, 0.3) is 0 Å². The molecule has 1 aliphatic rings. The standard InChI is InChI=1S/C20H23ClN2OS/c1-25-19-8-3-2-7-18(19)22-20(24)16-9-11-23(12-10-16)14-15-5-4-6-17(21)13-15/h2-8,13,16H,9-12,14H2,1H3,(H,22,24). The van der Waals surface area contributed by atoms with E-state index in [4.69, 9.17) is 11.6 Å². The van der Waals surface area contributed by atoms with Gasteiger partial charge in [0.05, 0.1) is 5.69 Å². The van der Waals surface area contributed by atoms with Gasteiger partial charge in [-0.15, -0.1) is 11.8 Å². The number of nitrogens with one attached hydrogen (secondary N) is 1. The molecule has 2 aromatic carbocycles. The summed E-state index contributed by atoms with van der Waals surface area (Å²) in [6, 6.07) is 16.0. The molecule has 0 radical (unpaired) electrons. The molecule has 5 heteroatoms. The average Bonchev–Trinajstić information content (AvgIpc) is 2.63. The zero-order chi connectivity index (χ0) is 17.6. The second-order valence-corrected chi connectivity index (χ2v) is 7.65. The van der Waals surface area contributed by atoms with Crippen LogP contribution >= 0.6 is 23.4 Å². The van der Waals surface area contributed by atoms with Crippen molar-refractivity contribution in [1.82, 2.24) is 4.90 Å². The molecule has 3 nitrogen and oxygen atoms in total. The summed E-state index contributed by atoms with van der Waals surface area (Å²) in [5.41, 5.74) is 2.14. The summed E-state index contributed by atoms with van der Waals surface area (Å²) in [6.45, 7) is 2.77. The third kappa shape index (κ3) is 5.00. The number of rotatable bonds is 5. The van der Waals surface area contributed by atoms with E-state index in [0.717, 1.165) is 48.1 Å².